The fourth-order valence-corrected chi connectivity index (χ4v) is 1.40. The van der Waals surface area contributed by atoms with Crippen molar-refractivity contribution in [2.75, 3.05) is 39.2 Å². The van der Waals surface area contributed by atoms with Gasteiger partial charge in [-0.05, 0) is 14.0 Å². The van der Waals surface area contributed by atoms with Crippen LogP contribution in [0.3, 0.4) is 0 Å². The van der Waals surface area contributed by atoms with Crippen molar-refractivity contribution in [3.8, 4) is 5.88 Å². The van der Waals surface area contributed by atoms with E-state index >= 15 is 0 Å². The summed E-state index contributed by atoms with van der Waals surface area (Å²) in [5, 5.41) is 3.10. The third-order valence-corrected chi connectivity index (χ3v) is 2.26. The number of likely N-dealkylation sites (N-methyl/N-ethyl adjacent to an activating group) is 2. The Morgan fingerprint density at radius 2 is 2.20 bits per heavy atom. The molecule has 1 rings (SSSR count). The monoisotopic (exact) mass is 210 g/mol. The lowest BCUT2D eigenvalue weighted by atomic mass is 10.3. The first-order valence-corrected chi connectivity index (χ1v) is 4.92. The van der Waals surface area contributed by atoms with Crippen LogP contribution < -0.4 is 15.0 Å². The molecule has 0 spiro atoms. The van der Waals surface area contributed by atoms with Crippen molar-refractivity contribution in [1.82, 2.24) is 15.3 Å². The van der Waals surface area contributed by atoms with Gasteiger partial charge in [0.2, 0.25) is 5.88 Å². The fourth-order valence-electron chi connectivity index (χ4n) is 1.40. The van der Waals surface area contributed by atoms with Crippen molar-refractivity contribution >= 4 is 5.82 Å². The van der Waals surface area contributed by atoms with Gasteiger partial charge in [-0.2, -0.15) is 0 Å². The normalized spacial score (nSPS) is 10.1. The fraction of sp³-hybridized carbons (Fsp3) is 0.600. The highest BCUT2D eigenvalue weighted by Gasteiger charge is 2.10. The summed E-state index contributed by atoms with van der Waals surface area (Å²) in [6.07, 6.45) is 1.52. The lowest BCUT2D eigenvalue weighted by molar-refractivity contribution is 0.393. The van der Waals surface area contributed by atoms with E-state index in [1.807, 2.05) is 21.0 Å². The van der Waals surface area contributed by atoms with Gasteiger partial charge < -0.3 is 15.0 Å². The summed E-state index contributed by atoms with van der Waals surface area (Å²) in [6, 6.07) is 0. The molecule has 0 radical (unpaired) electrons. The second-order valence-electron chi connectivity index (χ2n) is 3.36. The van der Waals surface area contributed by atoms with Crippen molar-refractivity contribution in [2.45, 2.75) is 6.92 Å². The summed E-state index contributed by atoms with van der Waals surface area (Å²) < 4.78 is 5.15. The molecule has 0 aliphatic carbocycles. The molecule has 0 saturated carbocycles. The van der Waals surface area contributed by atoms with Crippen molar-refractivity contribution in [2.24, 2.45) is 0 Å². The molecule has 0 unspecified atom stereocenters. The van der Waals surface area contributed by atoms with Gasteiger partial charge in [-0.15, -0.1) is 0 Å². The number of hydrogen-bond donors (Lipinski definition) is 1. The first kappa shape index (κ1) is 11.7. The van der Waals surface area contributed by atoms with Gasteiger partial charge in [0.05, 0.1) is 12.7 Å². The second kappa shape index (κ2) is 5.50. The summed E-state index contributed by atoms with van der Waals surface area (Å²) in [6.45, 7) is 3.78. The Morgan fingerprint density at radius 1 is 1.47 bits per heavy atom. The summed E-state index contributed by atoms with van der Waals surface area (Å²) in [5.74, 6) is 1.55. The van der Waals surface area contributed by atoms with Crippen LogP contribution in [-0.2, 0) is 0 Å². The molecule has 0 aromatic carbocycles. The van der Waals surface area contributed by atoms with E-state index in [0.717, 1.165) is 24.5 Å². The van der Waals surface area contributed by atoms with Gasteiger partial charge in [0.1, 0.15) is 12.1 Å². The Labute approximate surface area is 90.5 Å². The molecule has 1 N–H and O–H groups in total. The maximum Gasteiger partial charge on any atom is 0.221 e. The number of rotatable bonds is 5. The summed E-state index contributed by atoms with van der Waals surface area (Å²) >= 11 is 0. The molecule has 0 amide bonds. The summed E-state index contributed by atoms with van der Waals surface area (Å²) in [5.41, 5.74) is 0.971. The standard InChI is InChI=1S/C10H18N4O/c1-8-9(14(3)6-5-11-2)12-7-13-10(8)15-4/h7,11H,5-6H2,1-4H3. The van der Waals surface area contributed by atoms with E-state index in [1.165, 1.54) is 6.33 Å². The molecule has 0 atom stereocenters. The number of aromatic nitrogens is 2. The molecule has 5 nitrogen and oxygen atoms in total. The van der Waals surface area contributed by atoms with Crippen molar-refractivity contribution in [3.05, 3.63) is 11.9 Å². The van der Waals surface area contributed by atoms with Gasteiger partial charge in [0, 0.05) is 20.1 Å². The van der Waals surface area contributed by atoms with Crippen LogP contribution in [0.1, 0.15) is 5.56 Å². The number of hydrogen-bond acceptors (Lipinski definition) is 5. The minimum atomic E-state index is 0.635. The lowest BCUT2D eigenvalue weighted by Gasteiger charge is -2.20. The molecule has 5 heteroatoms. The van der Waals surface area contributed by atoms with Gasteiger partial charge in [0.15, 0.2) is 0 Å². The quantitative estimate of drug-likeness (QED) is 0.764. The minimum Gasteiger partial charge on any atom is -0.481 e. The van der Waals surface area contributed by atoms with Crippen LogP contribution in [0.25, 0.3) is 0 Å². The van der Waals surface area contributed by atoms with Crippen molar-refractivity contribution in [1.29, 1.82) is 0 Å². The Hall–Kier alpha value is -1.36. The zero-order valence-corrected chi connectivity index (χ0v) is 9.74. The van der Waals surface area contributed by atoms with Gasteiger partial charge >= 0.3 is 0 Å². The minimum absolute atomic E-state index is 0.635. The first-order valence-electron chi connectivity index (χ1n) is 4.92. The predicted octanol–water partition coefficient (Wildman–Crippen LogP) is 0.449. The molecule has 15 heavy (non-hydrogen) atoms. The molecule has 0 aliphatic rings. The molecule has 84 valence electrons. The zero-order chi connectivity index (χ0) is 11.3. The Kier molecular flexibility index (Phi) is 4.30. The smallest absolute Gasteiger partial charge is 0.221 e. The SMILES string of the molecule is CNCCN(C)c1ncnc(OC)c1C. The van der Waals surface area contributed by atoms with Crippen molar-refractivity contribution in [3.63, 3.8) is 0 Å². The number of nitrogens with one attached hydrogen (secondary N) is 1. The molecule has 1 heterocycles. The largest absolute Gasteiger partial charge is 0.481 e. The molecule has 1 aromatic heterocycles. The second-order valence-corrected chi connectivity index (χ2v) is 3.36. The van der Waals surface area contributed by atoms with Gasteiger partial charge in [0.25, 0.3) is 0 Å². The van der Waals surface area contributed by atoms with Gasteiger partial charge in [-0.3, -0.25) is 0 Å². The third-order valence-electron chi connectivity index (χ3n) is 2.26. The van der Waals surface area contributed by atoms with Crippen LogP contribution in [0, 0.1) is 6.92 Å². The molecule has 0 saturated heterocycles. The van der Waals surface area contributed by atoms with Crippen LogP contribution in [-0.4, -0.2) is 44.3 Å². The Bertz CT molecular complexity index is 316. The number of ether oxygens (including phenoxy) is 1. The van der Waals surface area contributed by atoms with E-state index < -0.39 is 0 Å². The molecular formula is C10H18N4O. The van der Waals surface area contributed by atoms with E-state index in [4.69, 9.17) is 4.74 Å². The van der Waals surface area contributed by atoms with Crippen molar-refractivity contribution < 1.29 is 4.74 Å². The highest BCUT2D eigenvalue weighted by Crippen LogP contribution is 2.21. The predicted molar refractivity (Wildman–Crippen MR) is 60.5 cm³/mol. The van der Waals surface area contributed by atoms with Crippen LogP contribution in [0.15, 0.2) is 6.33 Å². The van der Waals surface area contributed by atoms with Crippen LogP contribution in [0.4, 0.5) is 5.82 Å². The Balaban J connectivity index is 2.83. The van der Waals surface area contributed by atoms with Crippen LogP contribution in [0.5, 0.6) is 5.88 Å². The highest BCUT2D eigenvalue weighted by atomic mass is 16.5. The molecule has 1 aromatic rings. The summed E-state index contributed by atoms with van der Waals surface area (Å²) in [4.78, 5) is 10.4. The van der Waals surface area contributed by atoms with E-state index in [0.29, 0.717) is 5.88 Å². The molecule has 0 bridgehead atoms. The van der Waals surface area contributed by atoms with Gasteiger partial charge in [-0.1, -0.05) is 0 Å². The third kappa shape index (κ3) is 2.79. The van der Waals surface area contributed by atoms with E-state index in [9.17, 15) is 0 Å². The lowest BCUT2D eigenvalue weighted by Crippen LogP contribution is -2.28. The Morgan fingerprint density at radius 3 is 2.80 bits per heavy atom. The molecule has 0 fully saturated rings. The maximum atomic E-state index is 5.15. The number of methoxy groups -OCH3 is 1. The average Bonchev–Trinajstić information content (AvgIpc) is 2.26. The van der Waals surface area contributed by atoms with Gasteiger partial charge in [-0.25, -0.2) is 9.97 Å². The van der Waals surface area contributed by atoms with E-state index in [-0.39, 0.29) is 0 Å². The van der Waals surface area contributed by atoms with Crippen LogP contribution in [0.2, 0.25) is 0 Å². The zero-order valence-electron chi connectivity index (χ0n) is 9.74. The maximum absolute atomic E-state index is 5.15. The highest BCUT2D eigenvalue weighted by molar-refractivity contribution is 5.49. The summed E-state index contributed by atoms with van der Waals surface area (Å²) in [7, 11) is 5.56. The molecular weight excluding hydrogens is 192 g/mol. The average molecular weight is 210 g/mol. The van der Waals surface area contributed by atoms with E-state index in [2.05, 4.69) is 20.2 Å². The number of anilines is 1. The van der Waals surface area contributed by atoms with E-state index in [1.54, 1.807) is 7.11 Å². The topological polar surface area (TPSA) is 50.3 Å². The first-order chi connectivity index (χ1) is 7.20. The number of nitrogens with zero attached hydrogens (tertiary/aromatic N) is 3. The molecule has 0 aliphatic heterocycles. The van der Waals surface area contributed by atoms with Crippen LogP contribution >= 0.6 is 0 Å².